The first-order valence-electron chi connectivity index (χ1n) is 7.03. The van der Waals surface area contributed by atoms with Crippen molar-refractivity contribution in [3.63, 3.8) is 0 Å². The van der Waals surface area contributed by atoms with Crippen LogP contribution >= 0.6 is 11.3 Å². The van der Waals surface area contributed by atoms with E-state index < -0.39 is 0 Å². The molecule has 0 amide bonds. The molecule has 2 aliphatic rings. The lowest BCUT2D eigenvalue weighted by molar-refractivity contribution is 0.521. The Balaban J connectivity index is 1.56. The summed E-state index contributed by atoms with van der Waals surface area (Å²) in [6.45, 7) is 3.35. The molecule has 2 fully saturated rings. The number of hydrogen-bond acceptors (Lipinski definition) is 3. The Morgan fingerprint density at radius 3 is 2.94 bits per heavy atom. The van der Waals surface area contributed by atoms with Crippen LogP contribution in [0.15, 0.2) is 6.20 Å². The Morgan fingerprint density at radius 1 is 1.35 bits per heavy atom. The SMILES string of the molecule is CCC1CCC(c2ncc(CNC3CC3)s2)C1. The van der Waals surface area contributed by atoms with Gasteiger partial charge in [-0.05, 0) is 38.0 Å². The highest BCUT2D eigenvalue weighted by atomic mass is 32.1. The van der Waals surface area contributed by atoms with Crippen LogP contribution in [0.3, 0.4) is 0 Å². The Kier molecular flexibility index (Phi) is 3.48. The van der Waals surface area contributed by atoms with Gasteiger partial charge in [0, 0.05) is 29.6 Å². The molecule has 2 nitrogen and oxygen atoms in total. The summed E-state index contributed by atoms with van der Waals surface area (Å²) in [7, 11) is 0. The van der Waals surface area contributed by atoms with Crippen molar-refractivity contribution >= 4 is 11.3 Å². The van der Waals surface area contributed by atoms with Crippen molar-refractivity contribution in [1.29, 1.82) is 0 Å². The second-order valence-corrected chi connectivity index (χ2v) is 6.75. The zero-order valence-corrected chi connectivity index (χ0v) is 11.4. The fourth-order valence-electron chi connectivity index (χ4n) is 2.80. The van der Waals surface area contributed by atoms with E-state index in [1.165, 1.54) is 48.4 Å². The van der Waals surface area contributed by atoms with E-state index in [1.54, 1.807) is 0 Å². The molecule has 2 atom stereocenters. The molecule has 0 saturated heterocycles. The summed E-state index contributed by atoms with van der Waals surface area (Å²) in [5.74, 6) is 1.72. The standard InChI is InChI=1S/C14H22N2S/c1-2-10-3-4-11(7-10)14-16-9-13(17-14)8-15-12-5-6-12/h9-12,15H,2-8H2,1H3. The molecule has 2 unspecified atom stereocenters. The van der Waals surface area contributed by atoms with Gasteiger partial charge in [0.15, 0.2) is 0 Å². The molecule has 3 rings (SSSR count). The third-order valence-corrected chi connectivity index (χ3v) is 5.34. The maximum absolute atomic E-state index is 4.64. The van der Waals surface area contributed by atoms with Gasteiger partial charge in [0.2, 0.25) is 0 Å². The lowest BCUT2D eigenvalue weighted by atomic mass is 10.0. The summed E-state index contributed by atoms with van der Waals surface area (Å²) < 4.78 is 0. The molecule has 1 aromatic rings. The number of thiazole rings is 1. The number of rotatable bonds is 5. The monoisotopic (exact) mass is 250 g/mol. The summed E-state index contributed by atoms with van der Waals surface area (Å²) in [5, 5.41) is 4.96. The smallest absolute Gasteiger partial charge is 0.0959 e. The van der Waals surface area contributed by atoms with Crippen LogP contribution in [0, 0.1) is 5.92 Å². The van der Waals surface area contributed by atoms with E-state index in [4.69, 9.17) is 0 Å². The summed E-state index contributed by atoms with van der Waals surface area (Å²) in [6.07, 6.45) is 10.3. The van der Waals surface area contributed by atoms with Crippen molar-refractivity contribution < 1.29 is 0 Å². The lowest BCUT2D eigenvalue weighted by Crippen LogP contribution is -2.14. The minimum absolute atomic E-state index is 0.764. The largest absolute Gasteiger partial charge is 0.309 e. The average molecular weight is 250 g/mol. The first-order valence-corrected chi connectivity index (χ1v) is 7.84. The van der Waals surface area contributed by atoms with Crippen molar-refractivity contribution in [3.8, 4) is 0 Å². The van der Waals surface area contributed by atoms with E-state index in [0.29, 0.717) is 0 Å². The summed E-state index contributed by atoms with van der Waals surface area (Å²) in [5.41, 5.74) is 0. The number of nitrogens with one attached hydrogen (secondary N) is 1. The molecular weight excluding hydrogens is 228 g/mol. The van der Waals surface area contributed by atoms with Gasteiger partial charge >= 0.3 is 0 Å². The fourth-order valence-corrected chi connectivity index (χ4v) is 3.81. The van der Waals surface area contributed by atoms with Crippen molar-refractivity contribution in [1.82, 2.24) is 10.3 Å². The Labute approximate surface area is 108 Å². The molecule has 3 heteroatoms. The van der Waals surface area contributed by atoms with Gasteiger partial charge in [-0.25, -0.2) is 4.98 Å². The number of hydrogen-bond donors (Lipinski definition) is 1. The predicted molar refractivity (Wildman–Crippen MR) is 72.3 cm³/mol. The zero-order chi connectivity index (χ0) is 11.7. The van der Waals surface area contributed by atoms with Crippen LogP contribution in [0.2, 0.25) is 0 Å². The summed E-state index contributed by atoms with van der Waals surface area (Å²) in [6, 6.07) is 0.802. The maximum atomic E-state index is 4.64. The van der Waals surface area contributed by atoms with E-state index >= 15 is 0 Å². The average Bonchev–Trinajstić information content (AvgIpc) is 2.89. The molecule has 17 heavy (non-hydrogen) atoms. The molecule has 1 N–H and O–H groups in total. The Hall–Kier alpha value is -0.410. The molecule has 1 aromatic heterocycles. The third-order valence-electron chi connectivity index (χ3n) is 4.18. The van der Waals surface area contributed by atoms with Gasteiger partial charge in [-0.1, -0.05) is 13.3 Å². The Morgan fingerprint density at radius 2 is 2.24 bits per heavy atom. The van der Waals surface area contributed by atoms with E-state index in [0.717, 1.165) is 24.4 Å². The van der Waals surface area contributed by atoms with Crippen molar-refractivity contribution in [2.75, 3.05) is 0 Å². The quantitative estimate of drug-likeness (QED) is 0.862. The van der Waals surface area contributed by atoms with Crippen LogP contribution in [-0.2, 0) is 6.54 Å². The van der Waals surface area contributed by atoms with E-state index in [9.17, 15) is 0 Å². The van der Waals surface area contributed by atoms with Gasteiger partial charge in [0.05, 0.1) is 5.01 Å². The molecule has 2 saturated carbocycles. The summed E-state index contributed by atoms with van der Waals surface area (Å²) in [4.78, 5) is 6.07. The van der Waals surface area contributed by atoms with E-state index in [1.807, 2.05) is 11.3 Å². The van der Waals surface area contributed by atoms with Crippen LogP contribution in [0.25, 0.3) is 0 Å². The zero-order valence-electron chi connectivity index (χ0n) is 10.6. The topological polar surface area (TPSA) is 24.9 Å². The molecule has 94 valence electrons. The van der Waals surface area contributed by atoms with Crippen LogP contribution in [0.5, 0.6) is 0 Å². The number of aromatic nitrogens is 1. The minimum atomic E-state index is 0.764. The van der Waals surface area contributed by atoms with Crippen LogP contribution in [0.1, 0.15) is 61.3 Å². The molecule has 1 heterocycles. The highest BCUT2D eigenvalue weighted by Gasteiger charge is 2.27. The van der Waals surface area contributed by atoms with Crippen molar-refractivity contribution in [2.24, 2.45) is 5.92 Å². The molecule has 0 bridgehead atoms. The highest BCUT2D eigenvalue weighted by Crippen LogP contribution is 2.40. The summed E-state index contributed by atoms with van der Waals surface area (Å²) >= 11 is 1.94. The van der Waals surface area contributed by atoms with Crippen molar-refractivity contribution in [3.05, 3.63) is 16.1 Å². The first kappa shape index (κ1) is 11.7. The second-order valence-electron chi connectivity index (χ2n) is 5.60. The van der Waals surface area contributed by atoms with Crippen molar-refractivity contribution in [2.45, 2.75) is 64.0 Å². The van der Waals surface area contributed by atoms with Gasteiger partial charge in [-0.2, -0.15) is 0 Å². The molecule has 0 aromatic carbocycles. The van der Waals surface area contributed by atoms with Gasteiger partial charge in [-0.15, -0.1) is 11.3 Å². The van der Waals surface area contributed by atoms with Crippen LogP contribution in [-0.4, -0.2) is 11.0 Å². The second kappa shape index (κ2) is 5.07. The van der Waals surface area contributed by atoms with E-state index in [2.05, 4.69) is 23.4 Å². The van der Waals surface area contributed by atoms with E-state index in [-0.39, 0.29) is 0 Å². The lowest BCUT2D eigenvalue weighted by Gasteiger charge is -2.06. The Bertz CT molecular complexity index is 370. The first-order chi connectivity index (χ1) is 8.35. The van der Waals surface area contributed by atoms with Gasteiger partial charge in [0.1, 0.15) is 0 Å². The van der Waals surface area contributed by atoms with Gasteiger partial charge in [0.25, 0.3) is 0 Å². The highest BCUT2D eigenvalue weighted by molar-refractivity contribution is 7.11. The normalized spacial score (nSPS) is 28.8. The van der Waals surface area contributed by atoms with Gasteiger partial charge < -0.3 is 5.32 Å². The third kappa shape index (κ3) is 2.89. The predicted octanol–water partition coefficient (Wildman–Crippen LogP) is 3.69. The maximum Gasteiger partial charge on any atom is 0.0959 e. The molecule has 0 aliphatic heterocycles. The molecule has 0 radical (unpaired) electrons. The molecule has 0 spiro atoms. The fraction of sp³-hybridized carbons (Fsp3) is 0.786. The van der Waals surface area contributed by atoms with Gasteiger partial charge in [-0.3, -0.25) is 0 Å². The molecule has 2 aliphatic carbocycles. The molecular formula is C14H22N2S. The number of nitrogens with zero attached hydrogens (tertiary/aromatic N) is 1. The van der Waals surface area contributed by atoms with Crippen LogP contribution in [0.4, 0.5) is 0 Å². The van der Waals surface area contributed by atoms with Crippen LogP contribution < -0.4 is 5.32 Å². The minimum Gasteiger partial charge on any atom is -0.309 e.